The van der Waals surface area contributed by atoms with Gasteiger partial charge in [0, 0.05) is 31.5 Å². The fourth-order valence-corrected chi connectivity index (χ4v) is 6.41. The molecule has 8 heteroatoms. The molecule has 4 rings (SSSR count). The third-order valence-corrected chi connectivity index (χ3v) is 9.08. The number of rotatable bonds is 6. The van der Waals surface area contributed by atoms with Gasteiger partial charge in [0.25, 0.3) is 0 Å². The summed E-state index contributed by atoms with van der Waals surface area (Å²) in [5.41, 5.74) is 1.80. The maximum absolute atomic E-state index is 13.6. The summed E-state index contributed by atoms with van der Waals surface area (Å²) in [5.74, 6) is 0.277. The number of amides is 1. The Balaban J connectivity index is 1.74. The molecule has 2 aliphatic rings. The summed E-state index contributed by atoms with van der Waals surface area (Å²) < 4.78 is 35.0. The average Bonchev–Trinajstić information content (AvgIpc) is 2.79. The van der Waals surface area contributed by atoms with Gasteiger partial charge in [-0.2, -0.15) is 4.31 Å². The molecule has 0 unspecified atom stereocenters. The highest BCUT2D eigenvalue weighted by molar-refractivity contribution is 7.89. The quantitative estimate of drug-likeness (QED) is 0.676. The largest absolute Gasteiger partial charge is 0.487 e. The predicted octanol–water partition coefficient (Wildman–Crippen LogP) is 3.38. The van der Waals surface area contributed by atoms with E-state index in [4.69, 9.17) is 4.74 Å². The van der Waals surface area contributed by atoms with Crippen LogP contribution in [0.15, 0.2) is 53.4 Å². The molecule has 34 heavy (non-hydrogen) atoms. The van der Waals surface area contributed by atoms with Crippen molar-refractivity contribution in [1.82, 2.24) is 9.21 Å². The van der Waals surface area contributed by atoms with E-state index in [1.807, 2.05) is 37.3 Å². The predicted molar refractivity (Wildman–Crippen MR) is 131 cm³/mol. The Morgan fingerprint density at radius 3 is 2.50 bits per heavy atom. The topological polar surface area (TPSA) is 87.2 Å². The van der Waals surface area contributed by atoms with Gasteiger partial charge in [0.2, 0.25) is 15.9 Å². The zero-order chi connectivity index (χ0) is 24.5. The number of fused-ring (bicyclic) bond motifs is 1. The van der Waals surface area contributed by atoms with E-state index < -0.39 is 22.2 Å². The van der Waals surface area contributed by atoms with Crippen LogP contribution in [0.3, 0.4) is 0 Å². The Bertz CT molecular complexity index is 1120. The Morgan fingerprint density at radius 2 is 1.88 bits per heavy atom. The van der Waals surface area contributed by atoms with Gasteiger partial charge in [0.05, 0.1) is 13.2 Å². The zero-order valence-corrected chi connectivity index (χ0v) is 20.9. The van der Waals surface area contributed by atoms with Crippen LogP contribution in [-0.4, -0.2) is 67.5 Å². The van der Waals surface area contributed by atoms with Gasteiger partial charge in [0.15, 0.2) is 0 Å². The van der Waals surface area contributed by atoms with Gasteiger partial charge in [-0.15, -0.1) is 0 Å². The number of aliphatic hydroxyl groups excluding tert-OH is 1. The molecule has 0 bridgehead atoms. The van der Waals surface area contributed by atoms with Crippen LogP contribution in [0.2, 0.25) is 0 Å². The second-order valence-electron chi connectivity index (χ2n) is 9.61. The van der Waals surface area contributed by atoms with Crippen LogP contribution in [0.5, 0.6) is 5.75 Å². The van der Waals surface area contributed by atoms with Gasteiger partial charge in [-0.25, -0.2) is 8.42 Å². The Kier molecular flexibility index (Phi) is 7.31. The first-order valence-electron chi connectivity index (χ1n) is 12.0. The molecule has 3 atom stereocenters. The maximum Gasteiger partial charge on any atom is 0.247 e. The summed E-state index contributed by atoms with van der Waals surface area (Å²) in [7, 11) is -2.10. The monoisotopic (exact) mass is 486 g/mol. The first-order valence-corrected chi connectivity index (χ1v) is 13.4. The van der Waals surface area contributed by atoms with Crippen LogP contribution >= 0.6 is 0 Å². The normalized spacial score (nSPS) is 23.5. The second kappa shape index (κ2) is 10.1. The summed E-state index contributed by atoms with van der Waals surface area (Å²) in [6, 6.07) is 14.3. The highest BCUT2D eigenvalue weighted by Crippen LogP contribution is 2.37. The number of ether oxygens (including phenoxy) is 1. The zero-order valence-electron chi connectivity index (χ0n) is 20.1. The van der Waals surface area contributed by atoms with Crippen LogP contribution in [0.1, 0.15) is 33.1 Å². The van der Waals surface area contributed by atoms with Crippen molar-refractivity contribution < 1.29 is 23.1 Å². The number of hydrogen-bond donors (Lipinski definition) is 1. The van der Waals surface area contributed by atoms with Gasteiger partial charge >= 0.3 is 0 Å². The van der Waals surface area contributed by atoms with Crippen LogP contribution < -0.4 is 4.74 Å². The van der Waals surface area contributed by atoms with Gasteiger partial charge in [-0.1, -0.05) is 49.7 Å². The number of sulfonamides is 1. The summed E-state index contributed by atoms with van der Waals surface area (Å²) >= 11 is 0. The summed E-state index contributed by atoms with van der Waals surface area (Å²) in [6.07, 6.45) is 2.53. The minimum absolute atomic E-state index is 0.0807. The molecule has 1 aliphatic heterocycles. The molecule has 1 fully saturated rings. The lowest BCUT2D eigenvalue weighted by atomic mass is 9.84. The lowest BCUT2D eigenvalue weighted by Crippen LogP contribution is -2.50. The van der Waals surface area contributed by atoms with E-state index in [-0.39, 0.29) is 41.5 Å². The van der Waals surface area contributed by atoms with E-state index in [0.29, 0.717) is 6.54 Å². The molecule has 184 valence electrons. The number of likely N-dealkylation sites (N-methyl/N-ethyl adjacent to an activating group) is 1. The molecular formula is C26H34N2O5S. The molecule has 1 amide bonds. The van der Waals surface area contributed by atoms with Crippen molar-refractivity contribution in [2.24, 2.45) is 11.8 Å². The summed E-state index contributed by atoms with van der Waals surface area (Å²) in [6.45, 7) is 3.92. The first kappa shape index (κ1) is 24.7. The molecule has 1 N–H and O–H groups in total. The minimum atomic E-state index is -3.89. The van der Waals surface area contributed by atoms with Crippen molar-refractivity contribution in [3.63, 3.8) is 0 Å². The molecular weight excluding hydrogens is 452 g/mol. The molecule has 1 heterocycles. The number of carbonyl (C=O) groups is 1. The van der Waals surface area contributed by atoms with Gasteiger partial charge in [-0.05, 0) is 43.0 Å². The Morgan fingerprint density at radius 1 is 1.18 bits per heavy atom. The van der Waals surface area contributed by atoms with Crippen molar-refractivity contribution in [2.75, 3.05) is 26.7 Å². The standard InChI is InChI=1S/C26H34N2O5S/c1-18-15-28(19(2)17-29)34(31,32)25-13-12-22(20-8-5-4-6-9-20)14-23(25)33-24(18)16-27(3)26(30)21-10-7-11-21/h4-6,8-9,12-14,18-19,21,24,29H,7,10-11,15-17H2,1-3H3/t18-,19+,24+/m0/s1. The number of carbonyl (C=O) groups excluding carboxylic acids is 1. The number of hydrogen-bond acceptors (Lipinski definition) is 5. The number of benzene rings is 2. The number of nitrogens with zero attached hydrogens (tertiary/aromatic N) is 2. The second-order valence-corrected chi connectivity index (χ2v) is 11.5. The van der Waals surface area contributed by atoms with Crippen molar-refractivity contribution >= 4 is 15.9 Å². The van der Waals surface area contributed by atoms with Gasteiger partial charge in [0.1, 0.15) is 16.7 Å². The van der Waals surface area contributed by atoms with E-state index in [1.165, 1.54) is 4.31 Å². The maximum atomic E-state index is 13.6. The highest BCUT2D eigenvalue weighted by atomic mass is 32.2. The van der Waals surface area contributed by atoms with Gasteiger partial charge in [-0.3, -0.25) is 4.79 Å². The molecule has 7 nitrogen and oxygen atoms in total. The Hall–Kier alpha value is -2.42. The average molecular weight is 487 g/mol. The molecule has 2 aromatic carbocycles. The SMILES string of the molecule is C[C@H](CO)N1C[C@H](C)[C@@H](CN(C)C(=O)C2CCC2)Oc2cc(-c3ccccc3)ccc2S1(=O)=O. The van der Waals surface area contributed by atoms with E-state index >= 15 is 0 Å². The molecule has 0 saturated heterocycles. The van der Waals surface area contributed by atoms with E-state index in [9.17, 15) is 18.3 Å². The minimum Gasteiger partial charge on any atom is -0.487 e. The van der Waals surface area contributed by atoms with Crippen molar-refractivity contribution in [3.05, 3.63) is 48.5 Å². The van der Waals surface area contributed by atoms with Crippen LogP contribution in [0.4, 0.5) is 0 Å². The smallest absolute Gasteiger partial charge is 0.247 e. The lowest BCUT2D eigenvalue weighted by Gasteiger charge is -2.38. The fraction of sp³-hybridized carbons (Fsp3) is 0.500. The van der Waals surface area contributed by atoms with Crippen molar-refractivity contribution in [2.45, 2.75) is 50.2 Å². The lowest BCUT2D eigenvalue weighted by molar-refractivity contribution is -0.138. The van der Waals surface area contributed by atoms with Crippen LogP contribution in [0.25, 0.3) is 11.1 Å². The van der Waals surface area contributed by atoms with E-state index in [0.717, 1.165) is 30.4 Å². The Labute approximate surface area is 202 Å². The molecule has 0 spiro atoms. The molecule has 2 aromatic rings. The molecule has 1 aliphatic carbocycles. The fourth-order valence-electron chi connectivity index (χ4n) is 4.58. The van der Waals surface area contributed by atoms with Gasteiger partial charge < -0.3 is 14.7 Å². The summed E-state index contributed by atoms with van der Waals surface area (Å²) in [5, 5.41) is 9.80. The van der Waals surface area contributed by atoms with Crippen molar-refractivity contribution in [3.8, 4) is 16.9 Å². The number of aliphatic hydroxyl groups is 1. The molecule has 1 saturated carbocycles. The van der Waals surface area contributed by atoms with Crippen LogP contribution in [0, 0.1) is 11.8 Å². The highest BCUT2D eigenvalue weighted by Gasteiger charge is 2.39. The first-order chi connectivity index (χ1) is 16.2. The van der Waals surface area contributed by atoms with Crippen LogP contribution in [-0.2, 0) is 14.8 Å². The molecule has 0 aromatic heterocycles. The van der Waals surface area contributed by atoms with E-state index in [2.05, 4.69) is 0 Å². The third kappa shape index (κ3) is 4.85. The van der Waals surface area contributed by atoms with E-state index in [1.54, 1.807) is 37.1 Å². The third-order valence-electron chi connectivity index (χ3n) is 7.06. The summed E-state index contributed by atoms with van der Waals surface area (Å²) in [4.78, 5) is 14.6. The van der Waals surface area contributed by atoms with Crippen molar-refractivity contribution in [1.29, 1.82) is 0 Å². The molecule has 0 radical (unpaired) electrons.